The van der Waals surface area contributed by atoms with Gasteiger partial charge in [-0.25, -0.2) is 4.79 Å². The van der Waals surface area contributed by atoms with Crippen LogP contribution in [0.15, 0.2) is 48.5 Å². The Hall–Kier alpha value is -3.38. The summed E-state index contributed by atoms with van der Waals surface area (Å²) < 4.78 is 11.5. The van der Waals surface area contributed by atoms with Gasteiger partial charge >= 0.3 is 5.97 Å². The number of ketones is 1. The topological polar surface area (TPSA) is 131 Å². The van der Waals surface area contributed by atoms with Crippen molar-refractivity contribution in [2.24, 2.45) is 0 Å². The molecular weight excluding hydrogens is 580 g/mol. The van der Waals surface area contributed by atoms with E-state index in [0.29, 0.717) is 5.02 Å². The van der Waals surface area contributed by atoms with E-state index >= 15 is 0 Å². The van der Waals surface area contributed by atoms with Crippen molar-refractivity contribution in [2.75, 3.05) is 7.11 Å². The second kappa shape index (κ2) is 11.4. The zero-order valence-corrected chi connectivity index (χ0v) is 26.3. The number of Topliss-reactive ketones (excluding diaryl/α,β-unsaturated/α-hetero) is 1. The van der Waals surface area contributed by atoms with Gasteiger partial charge in [-0.05, 0) is 61.5 Å². The van der Waals surface area contributed by atoms with E-state index in [0.717, 1.165) is 16.9 Å². The summed E-state index contributed by atoms with van der Waals surface area (Å²) in [5, 5.41) is 11.6. The molecule has 1 saturated heterocycles. The molecule has 0 aliphatic carbocycles. The number of aliphatic hydroxyl groups is 1. The third kappa shape index (κ3) is 5.30. The van der Waals surface area contributed by atoms with Gasteiger partial charge in [-0.2, -0.15) is 0 Å². The molecule has 2 aromatic rings. The number of fused-ring (bicyclic) bond motifs is 1. The summed E-state index contributed by atoms with van der Waals surface area (Å²) in [6, 6.07) is 7.50. The van der Waals surface area contributed by atoms with Crippen LogP contribution in [-0.2, 0) is 18.8 Å². The van der Waals surface area contributed by atoms with Crippen LogP contribution in [0.2, 0.25) is 23.2 Å². The van der Waals surface area contributed by atoms with Crippen molar-refractivity contribution < 1.29 is 38.2 Å². The van der Waals surface area contributed by atoms with Gasteiger partial charge in [0.15, 0.2) is 20.1 Å². The fraction of sp³-hybridized carbons (Fsp3) is 0.433. The number of amides is 3. The van der Waals surface area contributed by atoms with Crippen molar-refractivity contribution in [1.82, 2.24) is 9.80 Å². The van der Waals surface area contributed by atoms with Crippen molar-refractivity contribution in [2.45, 2.75) is 76.2 Å². The zero-order chi connectivity index (χ0) is 31.3. The summed E-state index contributed by atoms with van der Waals surface area (Å²) in [5.41, 5.74) is 0.294. The second-order valence-electron chi connectivity index (χ2n) is 12.1. The van der Waals surface area contributed by atoms with Crippen molar-refractivity contribution in [1.29, 1.82) is 0 Å². The number of methoxy groups -OCH3 is 1. The Morgan fingerprint density at radius 2 is 1.50 bits per heavy atom. The van der Waals surface area contributed by atoms with Crippen molar-refractivity contribution in [3.8, 4) is 0 Å². The monoisotopic (exact) mass is 614 g/mol. The number of aliphatic hydroxyl groups excluding tert-OH is 1. The van der Waals surface area contributed by atoms with Gasteiger partial charge in [-0.15, -0.1) is 0 Å². The van der Waals surface area contributed by atoms with Crippen LogP contribution in [-0.4, -0.2) is 90.1 Å². The highest BCUT2D eigenvalue weighted by molar-refractivity contribution is 6.74. The molecule has 42 heavy (non-hydrogen) atoms. The number of halogens is 1. The zero-order valence-electron chi connectivity index (χ0n) is 24.6. The van der Waals surface area contributed by atoms with Crippen LogP contribution in [0.5, 0.6) is 0 Å². The van der Waals surface area contributed by atoms with Gasteiger partial charge in [0.25, 0.3) is 11.8 Å². The Balaban J connectivity index is 1.78. The third-order valence-electron chi connectivity index (χ3n) is 8.45. The molecule has 1 N–H and O–H groups in total. The number of β-lactam (4-membered cyclic amide) rings is 1. The van der Waals surface area contributed by atoms with Gasteiger partial charge in [0.1, 0.15) is 12.1 Å². The van der Waals surface area contributed by atoms with Crippen LogP contribution in [0.3, 0.4) is 0 Å². The predicted octanol–water partition coefficient (Wildman–Crippen LogP) is 3.71. The molecule has 224 valence electrons. The average Bonchev–Trinajstić information content (AvgIpc) is 3.17. The number of imide groups is 1. The van der Waals surface area contributed by atoms with E-state index in [9.17, 15) is 29.1 Å². The molecule has 4 unspecified atom stereocenters. The number of esters is 1. The lowest BCUT2D eigenvalue weighted by molar-refractivity contribution is -0.180. The molecule has 5 atom stereocenters. The van der Waals surface area contributed by atoms with Crippen LogP contribution >= 0.6 is 11.6 Å². The molecule has 0 saturated carbocycles. The van der Waals surface area contributed by atoms with Crippen LogP contribution in [0.25, 0.3) is 0 Å². The van der Waals surface area contributed by atoms with Gasteiger partial charge in [0.2, 0.25) is 5.91 Å². The van der Waals surface area contributed by atoms with Crippen molar-refractivity contribution in [3.05, 3.63) is 70.2 Å². The number of ether oxygens (including phenoxy) is 1. The third-order valence-corrected chi connectivity index (χ3v) is 13.3. The van der Waals surface area contributed by atoms with Crippen LogP contribution in [0.1, 0.15) is 58.8 Å². The molecule has 0 spiro atoms. The fourth-order valence-corrected chi connectivity index (χ4v) is 6.72. The fourth-order valence-electron chi connectivity index (χ4n) is 5.18. The summed E-state index contributed by atoms with van der Waals surface area (Å²) in [7, 11) is -1.33. The number of benzene rings is 2. The lowest BCUT2D eigenvalue weighted by atomic mass is 9.83. The van der Waals surface area contributed by atoms with E-state index < -0.39 is 68.1 Å². The molecule has 2 aliphatic rings. The van der Waals surface area contributed by atoms with Crippen LogP contribution in [0, 0.1) is 0 Å². The van der Waals surface area contributed by atoms with Gasteiger partial charge in [0, 0.05) is 10.6 Å². The van der Waals surface area contributed by atoms with Crippen molar-refractivity contribution in [3.63, 3.8) is 0 Å². The van der Waals surface area contributed by atoms with E-state index in [1.165, 1.54) is 36.4 Å². The maximum atomic E-state index is 13.9. The Labute approximate surface area is 250 Å². The number of carbonyl (C=O) groups excluding carboxylic acids is 5. The lowest BCUT2D eigenvalue weighted by Crippen LogP contribution is -2.79. The van der Waals surface area contributed by atoms with E-state index in [2.05, 4.69) is 0 Å². The minimum absolute atomic E-state index is 0.0903. The predicted molar refractivity (Wildman–Crippen MR) is 157 cm³/mol. The smallest absolute Gasteiger partial charge is 0.331 e. The molecule has 0 bridgehead atoms. The second-order valence-corrected chi connectivity index (χ2v) is 17.3. The molecule has 2 heterocycles. The number of hydrogen-bond donors (Lipinski definition) is 1. The molecule has 0 radical (unpaired) electrons. The van der Waals surface area contributed by atoms with E-state index in [1.807, 2.05) is 33.9 Å². The molecule has 1 fully saturated rings. The molecule has 3 amide bonds. The highest BCUT2D eigenvalue weighted by Gasteiger charge is 2.63. The summed E-state index contributed by atoms with van der Waals surface area (Å²) in [5.74, 6) is -3.86. The largest absolute Gasteiger partial charge is 0.467 e. The molecule has 2 aliphatic heterocycles. The summed E-state index contributed by atoms with van der Waals surface area (Å²) >= 11 is 5.97. The Morgan fingerprint density at radius 1 is 0.976 bits per heavy atom. The average molecular weight is 615 g/mol. The molecule has 2 aromatic carbocycles. The maximum absolute atomic E-state index is 13.9. The van der Waals surface area contributed by atoms with Crippen LogP contribution in [0.4, 0.5) is 0 Å². The SMILES string of the molecule is COC(=O)C([C@@H](C)O[Si](C)(C)C(C)(C)C)N1C(=O)C(N2C(=O)c3ccccc3C2=O)C1C(O)C(=O)c1ccc(Cl)cc1. The van der Waals surface area contributed by atoms with Gasteiger partial charge in [-0.1, -0.05) is 44.5 Å². The van der Waals surface area contributed by atoms with Gasteiger partial charge < -0.3 is 19.2 Å². The quantitative estimate of drug-likeness (QED) is 0.149. The lowest BCUT2D eigenvalue weighted by Gasteiger charge is -2.54. The number of likely N-dealkylation sites (tertiary alicyclic amines) is 1. The van der Waals surface area contributed by atoms with E-state index in [-0.39, 0.29) is 21.7 Å². The Bertz CT molecular complexity index is 1400. The first-order chi connectivity index (χ1) is 19.5. The molecule has 10 nitrogen and oxygen atoms in total. The Morgan fingerprint density at radius 3 is 1.98 bits per heavy atom. The number of hydrogen-bond acceptors (Lipinski definition) is 8. The molecule has 12 heteroatoms. The summed E-state index contributed by atoms with van der Waals surface area (Å²) in [6.45, 7) is 11.6. The van der Waals surface area contributed by atoms with Crippen LogP contribution < -0.4 is 0 Å². The molecule has 4 rings (SSSR count). The Kier molecular flexibility index (Phi) is 8.54. The minimum atomic E-state index is -2.49. The maximum Gasteiger partial charge on any atom is 0.331 e. The molecule has 0 aromatic heterocycles. The van der Waals surface area contributed by atoms with E-state index in [1.54, 1.807) is 19.1 Å². The highest BCUT2D eigenvalue weighted by Crippen LogP contribution is 2.41. The first kappa shape index (κ1) is 31.6. The van der Waals surface area contributed by atoms with Gasteiger partial charge in [-0.3, -0.25) is 24.1 Å². The summed E-state index contributed by atoms with van der Waals surface area (Å²) in [4.78, 5) is 69.2. The highest BCUT2D eigenvalue weighted by atomic mass is 35.5. The summed E-state index contributed by atoms with van der Waals surface area (Å²) in [6.07, 6.45) is -2.82. The van der Waals surface area contributed by atoms with E-state index in [4.69, 9.17) is 20.8 Å². The normalized spacial score (nSPS) is 21.0. The van der Waals surface area contributed by atoms with Gasteiger partial charge in [0.05, 0.1) is 30.4 Å². The van der Waals surface area contributed by atoms with Crippen molar-refractivity contribution >= 4 is 49.4 Å². The standard InChI is InChI=1S/C30H35ClN2O8Si/c1-16(41-42(6,7)30(2,3)4)21(29(39)40-5)32-22(25(35)24(34)17-12-14-18(31)15-13-17)23(28(32)38)33-26(36)19-10-8-9-11-20(19)27(33)37/h8-16,21-23,25,35H,1-7H3/t16-,21?,22?,23?,25?/m1/s1. The number of carbonyl (C=O) groups is 5. The first-order valence-electron chi connectivity index (χ1n) is 13.6. The minimum Gasteiger partial charge on any atom is -0.467 e. The number of rotatable bonds is 9. The number of nitrogens with zero attached hydrogens (tertiary/aromatic N) is 2. The first-order valence-corrected chi connectivity index (χ1v) is 16.8. The molecular formula is C30H35ClN2O8Si.